The maximum absolute atomic E-state index is 10.8. The molecule has 11 heteroatoms. The van der Waals surface area contributed by atoms with E-state index in [1.807, 2.05) is 0 Å². The largest absolute Gasteiger partial charge is 0.493 e. The number of carbonyl (C=O) groups is 2. The molecule has 0 aliphatic rings. The maximum atomic E-state index is 10.8. The molecule has 0 spiro atoms. The molecular formula is C20H24CdO10. The first-order valence-electron chi connectivity index (χ1n) is 8.34. The zero-order valence-corrected chi connectivity index (χ0v) is 22.2. The van der Waals surface area contributed by atoms with Crippen LogP contribution in [0.1, 0.15) is 20.7 Å². The second-order valence-corrected chi connectivity index (χ2v) is 5.44. The van der Waals surface area contributed by atoms with Crippen LogP contribution in [-0.2, 0) is 27.3 Å². The molecule has 2 rings (SSSR count). The van der Waals surface area contributed by atoms with Gasteiger partial charge in [0.25, 0.3) is 0 Å². The van der Waals surface area contributed by atoms with E-state index in [2.05, 4.69) is 0 Å². The normalized spacial score (nSPS) is 9.23. The molecule has 10 nitrogen and oxygen atoms in total. The van der Waals surface area contributed by atoms with Crippen LogP contribution in [0, 0.1) is 0 Å². The molecule has 2 aromatic carbocycles. The Morgan fingerprint density at radius 2 is 0.774 bits per heavy atom. The van der Waals surface area contributed by atoms with Gasteiger partial charge in [-0.25, -0.2) is 9.59 Å². The molecule has 2 N–H and O–H groups in total. The van der Waals surface area contributed by atoms with Crippen LogP contribution in [0.2, 0.25) is 0 Å². The summed E-state index contributed by atoms with van der Waals surface area (Å²) < 4.78 is 30.1. The van der Waals surface area contributed by atoms with E-state index >= 15 is 0 Å². The van der Waals surface area contributed by atoms with E-state index in [-0.39, 0.29) is 38.4 Å². The summed E-state index contributed by atoms with van der Waals surface area (Å²) in [5, 5.41) is 17.7. The van der Waals surface area contributed by atoms with E-state index in [1.54, 1.807) is 0 Å². The standard InChI is InChI=1S/2C10H12O5.Cd/c2*1-13-7-4-6(10(11)12)5-8(14-2)9(7)15-3;/h2*4-5H,1-3H3,(H,11,12);. The number of hydrogen-bond donors (Lipinski definition) is 2. The molecule has 0 heterocycles. The predicted octanol–water partition coefficient (Wildman–Crippen LogP) is 2.82. The quantitative estimate of drug-likeness (QED) is 0.486. The zero-order valence-electron chi connectivity index (χ0n) is 18.2. The van der Waals surface area contributed by atoms with Crippen molar-refractivity contribution in [2.75, 3.05) is 42.7 Å². The minimum absolute atomic E-state index is 0. The van der Waals surface area contributed by atoms with Gasteiger partial charge in [-0.05, 0) is 24.3 Å². The summed E-state index contributed by atoms with van der Waals surface area (Å²) in [5.41, 5.74) is 0.175. The SMILES string of the molecule is COc1cc(C(=O)O)cc(OC)c1OC.COc1cc(C(=O)O)cc(OC)c1OC.[Cd]. The van der Waals surface area contributed by atoms with E-state index in [0.29, 0.717) is 34.5 Å². The van der Waals surface area contributed by atoms with Crippen molar-refractivity contribution < 1.29 is 75.5 Å². The summed E-state index contributed by atoms with van der Waals surface area (Å²) in [6, 6.07) is 5.51. The van der Waals surface area contributed by atoms with Crippen molar-refractivity contribution in [3.63, 3.8) is 0 Å². The number of benzene rings is 2. The molecule has 0 aliphatic carbocycles. The Bertz CT molecular complexity index is 774. The van der Waals surface area contributed by atoms with E-state index in [1.165, 1.54) is 66.9 Å². The van der Waals surface area contributed by atoms with Gasteiger partial charge in [0.1, 0.15) is 0 Å². The van der Waals surface area contributed by atoms with Gasteiger partial charge in [0, 0.05) is 27.3 Å². The van der Waals surface area contributed by atoms with Gasteiger partial charge < -0.3 is 38.6 Å². The Kier molecular flexibility index (Phi) is 12.2. The molecule has 0 amide bonds. The van der Waals surface area contributed by atoms with Crippen molar-refractivity contribution in [1.82, 2.24) is 0 Å². The number of aromatic carboxylic acids is 2. The molecule has 0 saturated carbocycles. The predicted molar refractivity (Wildman–Crippen MR) is 106 cm³/mol. The van der Waals surface area contributed by atoms with Crippen molar-refractivity contribution in [2.45, 2.75) is 0 Å². The van der Waals surface area contributed by atoms with Gasteiger partial charge >= 0.3 is 11.9 Å². The van der Waals surface area contributed by atoms with Gasteiger partial charge in [0.2, 0.25) is 11.5 Å². The van der Waals surface area contributed by atoms with Crippen LogP contribution in [-0.4, -0.2) is 64.8 Å². The molecule has 166 valence electrons. The van der Waals surface area contributed by atoms with E-state index in [4.69, 9.17) is 38.6 Å². The number of hydrogen-bond acceptors (Lipinski definition) is 8. The number of methoxy groups -OCH3 is 6. The van der Waals surface area contributed by atoms with Crippen LogP contribution in [0.4, 0.5) is 0 Å². The molecule has 0 fully saturated rings. The molecular weight excluding hydrogens is 513 g/mol. The average Bonchev–Trinajstić information content (AvgIpc) is 2.76. The fourth-order valence-electron chi connectivity index (χ4n) is 2.41. The maximum Gasteiger partial charge on any atom is 0.335 e. The van der Waals surface area contributed by atoms with Crippen molar-refractivity contribution in [3.8, 4) is 34.5 Å². The van der Waals surface area contributed by atoms with Gasteiger partial charge in [-0.15, -0.1) is 0 Å². The molecule has 0 unspecified atom stereocenters. The number of rotatable bonds is 8. The van der Waals surface area contributed by atoms with Crippen LogP contribution >= 0.6 is 0 Å². The third-order valence-electron chi connectivity index (χ3n) is 3.82. The number of carboxylic acids is 2. The van der Waals surface area contributed by atoms with Gasteiger partial charge in [-0.2, -0.15) is 0 Å². The van der Waals surface area contributed by atoms with Crippen molar-refractivity contribution in [1.29, 1.82) is 0 Å². The summed E-state index contributed by atoms with van der Waals surface area (Å²) in [5.74, 6) is -0.0227. The minimum atomic E-state index is -1.05. The van der Waals surface area contributed by atoms with E-state index in [9.17, 15) is 9.59 Å². The van der Waals surface area contributed by atoms with Crippen LogP contribution < -0.4 is 28.4 Å². The summed E-state index contributed by atoms with van der Waals surface area (Å²) in [4.78, 5) is 21.6. The average molecular weight is 537 g/mol. The third-order valence-corrected chi connectivity index (χ3v) is 3.82. The zero-order chi connectivity index (χ0) is 22.8. The molecule has 0 bridgehead atoms. The van der Waals surface area contributed by atoms with E-state index in [0.717, 1.165) is 0 Å². The van der Waals surface area contributed by atoms with E-state index < -0.39 is 11.9 Å². The summed E-state index contributed by atoms with van der Waals surface area (Å²) in [7, 11) is 8.65. The summed E-state index contributed by atoms with van der Waals surface area (Å²) >= 11 is 0. The Labute approximate surface area is 199 Å². The van der Waals surface area contributed by atoms with Gasteiger partial charge in [0.15, 0.2) is 23.0 Å². The smallest absolute Gasteiger partial charge is 0.335 e. The van der Waals surface area contributed by atoms with Gasteiger partial charge in [0.05, 0.1) is 53.8 Å². The number of ether oxygens (including phenoxy) is 6. The van der Waals surface area contributed by atoms with Crippen LogP contribution in [0.25, 0.3) is 0 Å². The molecule has 0 saturated heterocycles. The Morgan fingerprint density at radius 1 is 0.548 bits per heavy atom. The molecule has 0 aromatic heterocycles. The van der Waals surface area contributed by atoms with Crippen molar-refractivity contribution in [3.05, 3.63) is 35.4 Å². The second kappa shape index (κ2) is 13.4. The molecule has 0 atom stereocenters. The molecule has 0 radical (unpaired) electrons. The first-order valence-corrected chi connectivity index (χ1v) is 8.34. The van der Waals surface area contributed by atoms with Crippen molar-refractivity contribution in [2.24, 2.45) is 0 Å². The molecule has 0 aliphatic heterocycles. The van der Waals surface area contributed by atoms with Crippen LogP contribution in [0.5, 0.6) is 34.5 Å². The Balaban J connectivity index is 0.000000562. The Hall–Kier alpha value is -2.90. The first kappa shape index (κ1) is 28.1. The molecule has 2 aromatic rings. The molecule has 31 heavy (non-hydrogen) atoms. The minimum Gasteiger partial charge on any atom is -0.493 e. The summed E-state index contributed by atoms with van der Waals surface area (Å²) in [6.45, 7) is 0. The van der Waals surface area contributed by atoms with Crippen molar-refractivity contribution >= 4 is 11.9 Å². The Morgan fingerprint density at radius 3 is 0.903 bits per heavy atom. The van der Waals surface area contributed by atoms with Crippen LogP contribution in [0.15, 0.2) is 24.3 Å². The fraction of sp³-hybridized carbons (Fsp3) is 0.300. The fourth-order valence-corrected chi connectivity index (χ4v) is 2.41. The van der Waals surface area contributed by atoms with Gasteiger partial charge in [-0.1, -0.05) is 0 Å². The van der Waals surface area contributed by atoms with Crippen LogP contribution in [0.3, 0.4) is 0 Å². The van der Waals surface area contributed by atoms with Gasteiger partial charge in [-0.3, -0.25) is 0 Å². The second-order valence-electron chi connectivity index (χ2n) is 5.44. The number of carboxylic acid groups (broad SMARTS) is 2. The summed E-state index contributed by atoms with van der Waals surface area (Å²) in [6.07, 6.45) is 0. The monoisotopic (exact) mass is 538 g/mol. The topological polar surface area (TPSA) is 130 Å². The first-order chi connectivity index (χ1) is 14.3. The third kappa shape index (κ3) is 7.08.